The number of hydrogen-bond donors (Lipinski definition) is 3. The van der Waals surface area contributed by atoms with E-state index in [9.17, 15) is 28.7 Å². The second-order valence-electron chi connectivity index (χ2n) is 13.2. The third-order valence-electron chi connectivity index (χ3n) is 9.72. The molecule has 0 saturated carbocycles. The van der Waals surface area contributed by atoms with Crippen LogP contribution in [0.15, 0.2) is 122 Å². The van der Waals surface area contributed by atoms with Crippen molar-refractivity contribution in [1.82, 2.24) is 24.8 Å². The van der Waals surface area contributed by atoms with E-state index in [-0.39, 0.29) is 62.5 Å². The third kappa shape index (κ3) is 7.81. The van der Waals surface area contributed by atoms with Crippen LogP contribution in [0.5, 0.6) is 5.75 Å². The summed E-state index contributed by atoms with van der Waals surface area (Å²) in [6.07, 6.45) is 3.63. The normalized spacial score (nSPS) is 18.0. The number of hydrazine groups is 1. The molecule has 272 valence electrons. The Morgan fingerprint density at radius 2 is 1.64 bits per heavy atom. The van der Waals surface area contributed by atoms with Crippen molar-refractivity contribution in [2.24, 2.45) is 0 Å². The van der Waals surface area contributed by atoms with Gasteiger partial charge in [0.25, 0.3) is 0 Å². The molecule has 7 rings (SSSR count). The maximum atomic E-state index is 14.6. The lowest BCUT2D eigenvalue weighted by Crippen LogP contribution is -2.75. The average molecular weight is 734 g/mol. The van der Waals surface area contributed by atoms with E-state index in [4.69, 9.17) is 4.52 Å². The van der Waals surface area contributed by atoms with Crippen LogP contribution in [0.2, 0.25) is 0 Å². The van der Waals surface area contributed by atoms with E-state index in [1.165, 1.54) is 12.1 Å². The number of piperazine rings is 1. The number of phosphoric ester groups is 1. The highest BCUT2D eigenvalue weighted by Gasteiger charge is 2.51. The fourth-order valence-electron chi connectivity index (χ4n) is 7.37. The van der Waals surface area contributed by atoms with Crippen molar-refractivity contribution in [2.45, 2.75) is 38.0 Å². The third-order valence-corrected chi connectivity index (χ3v) is 10.2. The molecule has 2 saturated heterocycles. The molecule has 0 aliphatic carbocycles. The maximum Gasteiger partial charge on any atom is 0.524 e. The first-order valence-electron chi connectivity index (χ1n) is 17.4. The van der Waals surface area contributed by atoms with Crippen LogP contribution >= 0.6 is 7.82 Å². The Labute approximate surface area is 307 Å². The summed E-state index contributed by atoms with van der Waals surface area (Å²) in [6.45, 7) is 4.34. The number of amides is 3. The van der Waals surface area contributed by atoms with Crippen molar-refractivity contribution >= 4 is 36.4 Å². The Balaban J connectivity index is 1.24. The number of para-hydroxylation sites is 1. The number of benzene rings is 4. The second-order valence-corrected chi connectivity index (χ2v) is 14.4. The van der Waals surface area contributed by atoms with Gasteiger partial charge in [-0.25, -0.2) is 14.6 Å². The minimum Gasteiger partial charge on any atom is -0.404 e. The molecule has 5 aromatic rings. The number of carbonyl (C=O) groups excluding carboxylic acids is 3. The SMILES string of the molecule is C=CCN1CC(=O)N2[C@@H](Cc3ccc(OP(=O)(O)O)cc3)C(=O)N(Cc3cccc4c(-c5ccccc5)c[nH]c34)C[C@@H]2N1C(=O)CCc1ccccc1. The first-order valence-corrected chi connectivity index (χ1v) is 18.9. The lowest BCUT2D eigenvalue weighted by atomic mass is 9.97. The van der Waals surface area contributed by atoms with E-state index in [0.717, 1.165) is 33.2 Å². The van der Waals surface area contributed by atoms with Crippen molar-refractivity contribution < 1.29 is 33.3 Å². The molecule has 3 amide bonds. The predicted molar refractivity (Wildman–Crippen MR) is 200 cm³/mol. The molecule has 0 radical (unpaired) electrons. The van der Waals surface area contributed by atoms with Gasteiger partial charge in [0.15, 0.2) is 0 Å². The fourth-order valence-corrected chi connectivity index (χ4v) is 7.77. The zero-order valence-corrected chi connectivity index (χ0v) is 29.8. The monoisotopic (exact) mass is 733 g/mol. The summed E-state index contributed by atoms with van der Waals surface area (Å²) >= 11 is 0. The highest BCUT2D eigenvalue weighted by atomic mass is 31.2. The van der Waals surface area contributed by atoms with Gasteiger partial charge in [-0.15, -0.1) is 6.58 Å². The van der Waals surface area contributed by atoms with Gasteiger partial charge < -0.3 is 19.3 Å². The lowest BCUT2D eigenvalue weighted by Gasteiger charge is -2.55. The number of phosphoric acid groups is 1. The minimum absolute atomic E-state index is 0.0326. The molecule has 53 heavy (non-hydrogen) atoms. The molecular weight excluding hydrogens is 693 g/mol. The molecule has 0 unspecified atom stereocenters. The molecule has 0 bridgehead atoms. The minimum atomic E-state index is -4.77. The van der Waals surface area contributed by atoms with E-state index in [0.29, 0.717) is 12.0 Å². The van der Waals surface area contributed by atoms with Crippen molar-refractivity contribution in [3.8, 4) is 16.9 Å². The molecule has 3 N–H and O–H groups in total. The molecule has 2 aliphatic heterocycles. The fraction of sp³-hybridized carbons (Fsp3) is 0.225. The number of hydrogen-bond acceptors (Lipinski definition) is 6. The summed E-state index contributed by atoms with van der Waals surface area (Å²) in [7, 11) is -4.77. The summed E-state index contributed by atoms with van der Waals surface area (Å²) in [5, 5.41) is 4.36. The number of H-pyrrole nitrogens is 1. The van der Waals surface area contributed by atoms with Crippen LogP contribution in [-0.2, 0) is 38.3 Å². The van der Waals surface area contributed by atoms with Crippen LogP contribution in [0.3, 0.4) is 0 Å². The van der Waals surface area contributed by atoms with E-state index in [1.54, 1.807) is 38.0 Å². The number of nitrogens with one attached hydrogen (secondary N) is 1. The van der Waals surface area contributed by atoms with Crippen molar-refractivity contribution in [3.05, 3.63) is 139 Å². The summed E-state index contributed by atoms with van der Waals surface area (Å²) in [5.74, 6) is -0.771. The number of aryl methyl sites for hydroxylation is 1. The van der Waals surface area contributed by atoms with Gasteiger partial charge in [0.1, 0.15) is 18.0 Å². The van der Waals surface area contributed by atoms with Crippen LogP contribution in [-0.4, -0.2) is 84.2 Å². The largest absolute Gasteiger partial charge is 0.524 e. The highest BCUT2D eigenvalue weighted by Crippen LogP contribution is 2.38. The summed E-state index contributed by atoms with van der Waals surface area (Å²) in [5.41, 5.74) is 5.53. The quantitative estimate of drug-likeness (QED) is 0.116. The van der Waals surface area contributed by atoms with Gasteiger partial charge in [-0.1, -0.05) is 97.1 Å². The van der Waals surface area contributed by atoms with Crippen LogP contribution in [0.25, 0.3) is 22.0 Å². The molecule has 2 aliphatic rings. The summed E-state index contributed by atoms with van der Waals surface area (Å²) in [4.78, 5) is 68.0. The Morgan fingerprint density at radius 1 is 0.925 bits per heavy atom. The molecule has 12 nitrogen and oxygen atoms in total. The van der Waals surface area contributed by atoms with Crippen LogP contribution < -0.4 is 4.52 Å². The molecule has 3 heterocycles. The van der Waals surface area contributed by atoms with Crippen molar-refractivity contribution in [2.75, 3.05) is 19.6 Å². The van der Waals surface area contributed by atoms with Gasteiger partial charge in [-0.3, -0.25) is 24.2 Å². The van der Waals surface area contributed by atoms with E-state index in [1.807, 2.05) is 85.1 Å². The van der Waals surface area contributed by atoms with Gasteiger partial charge in [0.2, 0.25) is 17.7 Å². The summed E-state index contributed by atoms with van der Waals surface area (Å²) in [6, 6.07) is 30.8. The Bertz CT molecular complexity index is 2170. The first kappa shape index (κ1) is 35.9. The predicted octanol–water partition coefficient (Wildman–Crippen LogP) is 5.29. The van der Waals surface area contributed by atoms with Crippen LogP contribution in [0.4, 0.5) is 0 Å². The van der Waals surface area contributed by atoms with Crippen LogP contribution in [0.1, 0.15) is 23.1 Å². The maximum absolute atomic E-state index is 14.6. The molecular formula is C40H40N5O7P. The van der Waals surface area contributed by atoms with Crippen molar-refractivity contribution in [3.63, 3.8) is 0 Å². The number of nitrogens with zero attached hydrogens (tertiary/aromatic N) is 4. The van der Waals surface area contributed by atoms with Crippen molar-refractivity contribution in [1.29, 1.82) is 0 Å². The smallest absolute Gasteiger partial charge is 0.404 e. The highest BCUT2D eigenvalue weighted by molar-refractivity contribution is 7.46. The number of fused-ring (bicyclic) bond motifs is 2. The van der Waals surface area contributed by atoms with E-state index in [2.05, 4.69) is 11.6 Å². The molecule has 2 atom stereocenters. The van der Waals surface area contributed by atoms with Gasteiger partial charge >= 0.3 is 7.82 Å². The number of rotatable bonds is 12. The molecule has 13 heteroatoms. The molecule has 2 fully saturated rings. The van der Waals surface area contributed by atoms with Gasteiger partial charge in [-0.05, 0) is 40.8 Å². The van der Waals surface area contributed by atoms with Gasteiger partial charge in [-0.2, -0.15) is 0 Å². The van der Waals surface area contributed by atoms with E-state index >= 15 is 0 Å². The van der Waals surface area contributed by atoms with Gasteiger partial charge in [0, 0.05) is 43.1 Å². The lowest BCUT2D eigenvalue weighted by molar-refractivity contribution is -0.205. The standard InChI is InChI=1S/C40H40N5O7P/c1-2-22-43-27-38(47)44-35(23-29-16-19-32(20-17-29)52-53(49,50)51)40(48)42(26-36(44)45(43)37(46)21-18-28-10-5-3-6-11-28)25-31-14-9-15-33-34(24-41-39(31)33)30-12-7-4-8-13-30/h2-17,19-20,24,35-36,41H,1,18,21-23,25-27H2,(H2,49,50,51)/t35-,36-/m0/s1. The number of carbonyl (C=O) groups is 3. The second kappa shape index (κ2) is 15.2. The topological polar surface area (TPSA) is 147 Å². The van der Waals surface area contributed by atoms with Gasteiger partial charge in [0.05, 0.1) is 18.6 Å². The Hall–Kier alpha value is -5.52. The number of aromatic nitrogens is 1. The zero-order chi connectivity index (χ0) is 37.1. The number of aromatic amines is 1. The van der Waals surface area contributed by atoms with Crippen LogP contribution in [0, 0.1) is 0 Å². The Morgan fingerprint density at radius 3 is 2.34 bits per heavy atom. The summed E-state index contributed by atoms with van der Waals surface area (Å²) < 4.78 is 16.1. The average Bonchev–Trinajstić information content (AvgIpc) is 3.59. The molecule has 4 aromatic carbocycles. The zero-order valence-electron chi connectivity index (χ0n) is 29.0. The first-order chi connectivity index (χ1) is 25.6. The molecule has 1 aromatic heterocycles. The Kier molecular flexibility index (Phi) is 10.3. The van der Waals surface area contributed by atoms with E-state index < -0.39 is 20.0 Å². The molecule has 0 spiro atoms.